The summed E-state index contributed by atoms with van der Waals surface area (Å²) >= 11 is 0. The number of carbonyl (C=O) groups is 1. The Morgan fingerprint density at radius 1 is 1.12 bits per heavy atom. The van der Waals surface area contributed by atoms with Crippen LogP contribution in [-0.2, 0) is 0 Å². The molecule has 1 saturated carbocycles. The molecular weight excluding hydrogens is 346 g/mol. The lowest BCUT2D eigenvalue weighted by Crippen LogP contribution is -2.39. The number of hydrogen-bond acceptors (Lipinski definition) is 2. The molecule has 0 unspecified atom stereocenters. The number of piperidine rings is 1. The van der Waals surface area contributed by atoms with E-state index in [1.165, 1.54) is 49.9 Å². The molecule has 0 spiro atoms. The van der Waals surface area contributed by atoms with Crippen LogP contribution in [0.2, 0.25) is 0 Å². The first-order valence-corrected chi connectivity index (χ1v) is 10.2. The minimum absolute atomic E-state index is 0. The number of likely N-dealkylation sites (tertiary alicyclic amines) is 1. The van der Waals surface area contributed by atoms with Crippen molar-refractivity contribution in [2.45, 2.75) is 71.3 Å². The van der Waals surface area contributed by atoms with Crippen molar-refractivity contribution < 1.29 is 4.79 Å². The number of hydrogen-bond donors (Lipinski definition) is 1. The van der Waals surface area contributed by atoms with E-state index in [1.807, 2.05) is 7.05 Å². The van der Waals surface area contributed by atoms with Gasteiger partial charge in [0.2, 0.25) is 0 Å². The van der Waals surface area contributed by atoms with Crippen LogP contribution in [0.3, 0.4) is 0 Å². The molecule has 148 valence electrons. The van der Waals surface area contributed by atoms with E-state index in [9.17, 15) is 4.79 Å². The summed E-state index contributed by atoms with van der Waals surface area (Å²) in [6.45, 7) is 7.23. The topological polar surface area (TPSA) is 37.3 Å². The molecule has 1 aromatic heterocycles. The molecule has 4 nitrogen and oxygen atoms in total. The second kappa shape index (κ2) is 9.80. The Kier molecular flexibility index (Phi) is 8.03. The van der Waals surface area contributed by atoms with Gasteiger partial charge < -0.3 is 14.8 Å². The van der Waals surface area contributed by atoms with Crippen LogP contribution < -0.4 is 5.32 Å². The number of amides is 1. The molecule has 1 aromatic rings. The monoisotopic (exact) mass is 381 g/mol. The van der Waals surface area contributed by atoms with Crippen LogP contribution in [0.15, 0.2) is 6.07 Å². The number of carbonyl (C=O) groups excluding carboxylic acids is 1. The maximum Gasteiger partial charge on any atom is 0.255 e. The lowest BCUT2D eigenvalue weighted by Gasteiger charge is -2.32. The van der Waals surface area contributed by atoms with Crippen LogP contribution in [0.4, 0.5) is 0 Å². The zero-order chi connectivity index (χ0) is 17.8. The lowest BCUT2D eigenvalue weighted by atomic mass is 9.93. The summed E-state index contributed by atoms with van der Waals surface area (Å²) in [6, 6.07) is 2.74. The highest BCUT2D eigenvalue weighted by Gasteiger charge is 2.27. The van der Waals surface area contributed by atoms with E-state index in [0.29, 0.717) is 6.04 Å². The molecule has 3 rings (SSSR count). The average Bonchev–Trinajstić information content (AvgIpc) is 2.95. The highest BCUT2D eigenvalue weighted by Crippen LogP contribution is 2.33. The molecule has 2 fully saturated rings. The van der Waals surface area contributed by atoms with Crippen LogP contribution in [-0.4, -0.2) is 42.1 Å². The summed E-state index contributed by atoms with van der Waals surface area (Å²) in [5.41, 5.74) is 3.39. The smallest absolute Gasteiger partial charge is 0.255 e. The fourth-order valence-electron chi connectivity index (χ4n) is 4.84. The summed E-state index contributed by atoms with van der Waals surface area (Å²) in [7, 11) is 2.01. The van der Waals surface area contributed by atoms with Gasteiger partial charge in [0.05, 0.1) is 5.56 Å². The van der Waals surface area contributed by atoms with Gasteiger partial charge in [0, 0.05) is 30.5 Å². The van der Waals surface area contributed by atoms with E-state index >= 15 is 0 Å². The van der Waals surface area contributed by atoms with Crippen molar-refractivity contribution in [3.63, 3.8) is 0 Å². The minimum Gasteiger partial charge on any atom is -0.345 e. The number of aromatic nitrogens is 1. The molecule has 26 heavy (non-hydrogen) atoms. The van der Waals surface area contributed by atoms with Gasteiger partial charge >= 0.3 is 0 Å². The summed E-state index contributed by atoms with van der Waals surface area (Å²) < 4.78 is 2.45. The standard InChI is InChI=1S/C21H35N3O.ClH/c1-16-15-20(17(2)24(16)19-7-5-4-6-8-19)21(25)23-13-10-18(11-14-23)9-12-22-3;/h15,18-19,22H,4-14H2,1-3H3;1H. The normalized spacial score (nSPS) is 19.4. The van der Waals surface area contributed by atoms with Gasteiger partial charge in [0.25, 0.3) is 5.91 Å². The third-order valence-corrected chi connectivity index (χ3v) is 6.36. The molecule has 2 aliphatic rings. The minimum atomic E-state index is 0. The van der Waals surface area contributed by atoms with Crippen molar-refractivity contribution in [3.05, 3.63) is 23.0 Å². The van der Waals surface area contributed by atoms with E-state index in [1.54, 1.807) is 0 Å². The highest BCUT2D eigenvalue weighted by molar-refractivity contribution is 5.95. The summed E-state index contributed by atoms with van der Waals surface area (Å²) in [6.07, 6.45) is 10.1. The van der Waals surface area contributed by atoms with Crippen LogP contribution in [0, 0.1) is 19.8 Å². The Bertz CT molecular complexity index is 584. The quantitative estimate of drug-likeness (QED) is 0.815. The Hall–Kier alpha value is -1.00. The molecule has 0 atom stereocenters. The molecule has 2 heterocycles. The summed E-state index contributed by atoms with van der Waals surface area (Å²) in [5, 5.41) is 3.24. The molecule has 1 N–H and O–H groups in total. The number of aryl methyl sites for hydroxylation is 1. The zero-order valence-corrected chi connectivity index (χ0v) is 17.5. The third-order valence-electron chi connectivity index (χ3n) is 6.36. The first kappa shape index (κ1) is 21.3. The number of nitrogens with one attached hydrogen (secondary N) is 1. The number of rotatable bonds is 5. The second-order valence-electron chi connectivity index (χ2n) is 8.07. The second-order valence-corrected chi connectivity index (χ2v) is 8.07. The Morgan fingerprint density at radius 2 is 1.77 bits per heavy atom. The first-order valence-electron chi connectivity index (χ1n) is 10.2. The van der Waals surface area contributed by atoms with Gasteiger partial charge in [-0.05, 0) is 71.5 Å². The summed E-state index contributed by atoms with van der Waals surface area (Å²) in [4.78, 5) is 15.2. The first-order chi connectivity index (χ1) is 12.1. The van der Waals surface area contributed by atoms with Gasteiger partial charge in [-0.2, -0.15) is 0 Å². The van der Waals surface area contributed by atoms with Crippen LogP contribution in [0.5, 0.6) is 0 Å². The SMILES string of the molecule is CNCCC1CCN(C(=O)c2cc(C)n(C3CCCCC3)c2C)CC1.Cl. The molecular formula is C21H36ClN3O. The Morgan fingerprint density at radius 3 is 2.38 bits per heavy atom. The van der Waals surface area contributed by atoms with Crippen LogP contribution >= 0.6 is 12.4 Å². The van der Waals surface area contributed by atoms with Crippen molar-refractivity contribution in [1.82, 2.24) is 14.8 Å². The van der Waals surface area contributed by atoms with E-state index < -0.39 is 0 Å². The van der Waals surface area contributed by atoms with Gasteiger partial charge in [-0.25, -0.2) is 0 Å². The molecule has 1 saturated heterocycles. The third kappa shape index (κ3) is 4.64. The zero-order valence-electron chi connectivity index (χ0n) is 16.7. The predicted octanol–water partition coefficient (Wildman–Crippen LogP) is 4.49. The Labute approximate surface area is 165 Å². The lowest BCUT2D eigenvalue weighted by molar-refractivity contribution is 0.0686. The molecule has 5 heteroatoms. The Balaban J connectivity index is 0.00000243. The maximum absolute atomic E-state index is 13.1. The highest BCUT2D eigenvalue weighted by atomic mass is 35.5. The van der Waals surface area contributed by atoms with Crippen molar-refractivity contribution in [2.24, 2.45) is 5.92 Å². The van der Waals surface area contributed by atoms with Crippen molar-refractivity contribution >= 4 is 18.3 Å². The summed E-state index contributed by atoms with van der Waals surface area (Å²) in [5.74, 6) is 1.02. The maximum atomic E-state index is 13.1. The number of halogens is 1. The molecule has 1 aliphatic carbocycles. The predicted molar refractivity (Wildman–Crippen MR) is 110 cm³/mol. The van der Waals surface area contributed by atoms with E-state index in [0.717, 1.165) is 44.0 Å². The largest absolute Gasteiger partial charge is 0.345 e. The van der Waals surface area contributed by atoms with Crippen molar-refractivity contribution in [3.8, 4) is 0 Å². The molecule has 1 aliphatic heterocycles. The van der Waals surface area contributed by atoms with Gasteiger partial charge in [-0.3, -0.25) is 4.79 Å². The number of nitrogens with zero attached hydrogens (tertiary/aromatic N) is 2. The van der Waals surface area contributed by atoms with E-state index in [2.05, 4.69) is 34.7 Å². The molecule has 0 bridgehead atoms. The van der Waals surface area contributed by atoms with Gasteiger partial charge in [-0.15, -0.1) is 12.4 Å². The van der Waals surface area contributed by atoms with E-state index in [-0.39, 0.29) is 18.3 Å². The van der Waals surface area contributed by atoms with E-state index in [4.69, 9.17) is 0 Å². The fourth-order valence-corrected chi connectivity index (χ4v) is 4.84. The van der Waals surface area contributed by atoms with Crippen molar-refractivity contribution in [1.29, 1.82) is 0 Å². The van der Waals surface area contributed by atoms with Crippen molar-refractivity contribution in [2.75, 3.05) is 26.7 Å². The average molecular weight is 382 g/mol. The molecule has 0 radical (unpaired) electrons. The molecule has 1 amide bonds. The van der Waals surface area contributed by atoms with Gasteiger partial charge in [0.15, 0.2) is 0 Å². The van der Waals surface area contributed by atoms with Gasteiger partial charge in [-0.1, -0.05) is 19.3 Å². The van der Waals surface area contributed by atoms with Gasteiger partial charge in [0.1, 0.15) is 0 Å². The fraction of sp³-hybridized carbons (Fsp3) is 0.762. The van der Waals surface area contributed by atoms with Crippen LogP contribution in [0.25, 0.3) is 0 Å². The molecule has 0 aromatic carbocycles. The van der Waals surface area contributed by atoms with Crippen LogP contribution in [0.1, 0.15) is 79.2 Å².